The molecule has 0 saturated carbocycles. The molecule has 4 amide bonds. The quantitative estimate of drug-likeness (QED) is 0.165. The summed E-state index contributed by atoms with van der Waals surface area (Å²) in [6.07, 6.45) is 5.93. The first-order valence-corrected chi connectivity index (χ1v) is 21.5. The van der Waals surface area contributed by atoms with Crippen molar-refractivity contribution in [1.82, 2.24) is 34.9 Å². The van der Waals surface area contributed by atoms with E-state index in [1.165, 1.54) is 0 Å². The number of urea groups is 1. The van der Waals surface area contributed by atoms with Gasteiger partial charge >= 0.3 is 6.03 Å². The fraction of sp³-hybridized carbons (Fsp3) is 0.435. The highest BCUT2D eigenvalue weighted by Crippen LogP contribution is 2.37. The van der Waals surface area contributed by atoms with E-state index in [0.29, 0.717) is 67.5 Å². The number of nitrogens with two attached hydrogens (primary N) is 1. The number of halogens is 1. The van der Waals surface area contributed by atoms with Gasteiger partial charge in [0.25, 0.3) is 5.91 Å². The molecule has 2 atom stereocenters. The second-order valence-electron chi connectivity index (χ2n) is 17.4. The Labute approximate surface area is 359 Å². The number of anilines is 3. The predicted octanol–water partition coefficient (Wildman–Crippen LogP) is 6.09. The van der Waals surface area contributed by atoms with Crippen molar-refractivity contribution >= 4 is 46.1 Å². The van der Waals surface area contributed by atoms with Crippen molar-refractivity contribution in [2.24, 2.45) is 0 Å². The van der Waals surface area contributed by atoms with Crippen LogP contribution in [0.3, 0.4) is 0 Å². The lowest BCUT2D eigenvalue weighted by Gasteiger charge is -2.41. The first-order chi connectivity index (χ1) is 29.8. The topological polar surface area (TPSA) is 175 Å². The number of phenols is 1. The van der Waals surface area contributed by atoms with Gasteiger partial charge < -0.3 is 34.8 Å². The Kier molecular flexibility index (Phi) is 11.1. The van der Waals surface area contributed by atoms with Crippen LogP contribution in [0.1, 0.15) is 78.2 Å². The standard InChI is InChI=1S/C46H53FN10O5/c1-28-20-31(40-26-55(25-30(3)62-40)38-22-37(51-52-42(38)48)35-6-4-5-7-39(35)58)8-9-34(28)44(60)54-18-13-46(47,14-19-54)27-53-15-10-32(11-16-53)57-24-29(2)36-21-33(23-49-43(36)57)56-17-12-41(59)50-45(56)61/h4-9,20-24,30,32,40,58H,10-19,25-27H2,1-3H3,(H2,48,52)(H,50,59,61)/t30-,40?/m0/s1. The second-order valence-corrected chi connectivity index (χ2v) is 17.4. The molecular weight excluding hydrogens is 792 g/mol. The number of aryl methyl sites for hydroxylation is 2. The number of piperidine rings is 2. The summed E-state index contributed by atoms with van der Waals surface area (Å²) in [5, 5.41) is 22.2. The van der Waals surface area contributed by atoms with Gasteiger partial charge in [-0.15, -0.1) is 10.2 Å². The number of hydrogen-bond acceptors (Lipinski definition) is 11. The van der Waals surface area contributed by atoms with Gasteiger partial charge in [-0.05, 0) is 80.6 Å². The molecule has 0 radical (unpaired) electrons. The molecule has 0 aliphatic carbocycles. The zero-order chi connectivity index (χ0) is 43.3. The lowest BCUT2D eigenvalue weighted by atomic mass is 9.90. The number of alkyl halides is 1. The molecule has 4 N–H and O–H groups in total. The molecule has 9 rings (SSSR count). The molecule has 3 aromatic heterocycles. The van der Waals surface area contributed by atoms with Gasteiger partial charge in [-0.3, -0.25) is 19.8 Å². The van der Waals surface area contributed by atoms with Crippen LogP contribution in [0.2, 0.25) is 0 Å². The molecule has 0 bridgehead atoms. The number of ether oxygens (including phenoxy) is 1. The number of nitrogens with zero attached hydrogens (tertiary/aromatic N) is 8. The number of fused-ring (bicyclic) bond motifs is 1. The van der Waals surface area contributed by atoms with Gasteiger partial charge in [-0.1, -0.05) is 24.3 Å². The monoisotopic (exact) mass is 844 g/mol. The summed E-state index contributed by atoms with van der Waals surface area (Å²) in [7, 11) is 0. The summed E-state index contributed by atoms with van der Waals surface area (Å²) in [5.41, 5.74) is 11.7. The van der Waals surface area contributed by atoms with Crippen LogP contribution >= 0.6 is 0 Å². The Balaban J connectivity index is 0.790. The van der Waals surface area contributed by atoms with Crippen LogP contribution in [0, 0.1) is 13.8 Å². The van der Waals surface area contributed by atoms with E-state index in [2.05, 4.69) is 36.1 Å². The van der Waals surface area contributed by atoms with Gasteiger partial charge in [0.1, 0.15) is 23.2 Å². The van der Waals surface area contributed by atoms with Gasteiger partial charge in [0.05, 0.1) is 29.4 Å². The van der Waals surface area contributed by atoms with Crippen LogP contribution in [0.5, 0.6) is 5.75 Å². The SMILES string of the molecule is Cc1cc(C2CN(c3cc(-c4ccccc4O)nnc3N)C[C@H](C)O2)ccc1C(=O)N1CCC(F)(CN2CCC(n3cc(C)c4cc(N5CCC(=O)NC5=O)cnc43)CC2)CC1. The zero-order valence-electron chi connectivity index (χ0n) is 35.4. The van der Waals surface area contributed by atoms with Crippen LogP contribution in [0.4, 0.5) is 26.4 Å². The molecule has 4 aliphatic rings. The highest BCUT2D eigenvalue weighted by molar-refractivity contribution is 6.06. The van der Waals surface area contributed by atoms with Crippen LogP contribution in [0.25, 0.3) is 22.3 Å². The molecule has 4 aliphatic heterocycles. The van der Waals surface area contributed by atoms with E-state index in [9.17, 15) is 19.5 Å². The lowest BCUT2D eigenvalue weighted by molar-refractivity contribution is -0.120. The molecule has 16 heteroatoms. The van der Waals surface area contributed by atoms with Crippen LogP contribution < -0.4 is 20.9 Å². The number of pyridine rings is 1. The number of para-hydroxylation sites is 1. The van der Waals surface area contributed by atoms with E-state index in [-0.39, 0.29) is 60.9 Å². The maximum Gasteiger partial charge on any atom is 0.328 e. The third-order valence-corrected chi connectivity index (χ3v) is 13.1. The number of carbonyl (C=O) groups excluding carboxylic acids is 3. The minimum absolute atomic E-state index is 0.0898. The molecule has 1 unspecified atom stereocenters. The Morgan fingerprint density at radius 3 is 2.50 bits per heavy atom. The Morgan fingerprint density at radius 2 is 1.76 bits per heavy atom. The van der Waals surface area contributed by atoms with Crippen molar-refractivity contribution < 1.29 is 28.6 Å². The Hall–Kier alpha value is -6.13. The lowest BCUT2D eigenvalue weighted by Crippen LogP contribution is -2.51. The van der Waals surface area contributed by atoms with Gasteiger partial charge in [0.15, 0.2) is 5.82 Å². The highest BCUT2D eigenvalue weighted by atomic mass is 19.1. The van der Waals surface area contributed by atoms with Crippen molar-refractivity contribution in [3.63, 3.8) is 0 Å². The number of aromatic hydroxyl groups is 1. The number of phenolic OH excluding ortho intramolecular Hbond substituents is 1. The van der Waals surface area contributed by atoms with Crippen LogP contribution in [-0.2, 0) is 9.53 Å². The first kappa shape index (κ1) is 41.2. The average molecular weight is 845 g/mol. The number of aromatic nitrogens is 4. The number of nitrogens with one attached hydrogen (secondary N) is 1. The zero-order valence-corrected chi connectivity index (χ0v) is 35.4. The third-order valence-electron chi connectivity index (χ3n) is 13.1. The molecular formula is C46H53FN10O5. The fourth-order valence-corrected chi connectivity index (χ4v) is 9.64. The Morgan fingerprint density at radius 1 is 0.984 bits per heavy atom. The molecule has 4 fully saturated rings. The summed E-state index contributed by atoms with van der Waals surface area (Å²) in [6, 6.07) is 16.4. The number of likely N-dealkylation sites (tertiary alicyclic amines) is 2. The van der Waals surface area contributed by atoms with E-state index >= 15 is 4.39 Å². The number of amides is 4. The number of morpholine rings is 1. The van der Waals surface area contributed by atoms with Gasteiger partial charge in [-0.2, -0.15) is 0 Å². The normalized spacial score (nSPS) is 21.4. The smallest absolute Gasteiger partial charge is 0.328 e. The number of imide groups is 1. The van der Waals surface area contributed by atoms with Crippen molar-refractivity contribution in [2.45, 2.75) is 76.8 Å². The van der Waals surface area contributed by atoms with Crippen LogP contribution in [-0.4, -0.2) is 117 Å². The minimum Gasteiger partial charge on any atom is -0.507 e. The Bertz CT molecular complexity index is 2530. The number of nitrogen functional groups attached to an aromatic ring is 1. The summed E-state index contributed by atoms with van der Waals surface area (Å²) < 4.78 is 25.1. The minimum atomic E-state index is -1.38. The average Bonchev–Trinajstić information content (AvgIpc) is 3.59. The molecule has 0 spiro atoms. The van der Waals surface area contributed by atoms with E-state index in [1.54, 1.807) is 34.2 Å². The second kappa shape index (κ2) is 16.6. The maximum absolute atomic E-state index is 16.5. The van der Waals surface area contributed by atoms with Crippen LogP contribution in [0.15, 0.2) is 67.0 Å². The summed E-state index contributed by atoms with van der Waals surface area (Å²) in [5.74, 6) is 0.0374. The fourth-order valence-electron chi connectivity index (χ4n) is 9.64. The highest BCUT2D eigenvalue weighted by Gasteiger charge is 2.39. The van der Waals surface area contributed by atoms with Gasteiger partial charge in [-0.25, -0.2) is 14.2 Å². The molecule has 4 saturated heterocycles. The molecule has 324 valence electrons. The third kappa shape index (κ3) is 8.16. The molecule has 15 nitrogen and oxygen atoms in total. The largest absolute Gasteiger partial charge is 0.507 e. The van der Waals surface area contributed by atoms with E-state index < -0.39 is 11.7 Å². The van der Waals surface area contributed by atoms with E-state index in [0.717, 1.165) is 53.7 Å². The van der Waals surface area contributed by atoms with Crippen molar-refractivity contribution in [1.29, 1.82) is 0 Å². The molecule has 2 aromatic carbocycles. The first-order valence-electron chi connectivity index (χ1n) is 21.5. The summed E-state index contributed by atoms with van der Waals surface area (Å²) in [6.45, 7) is 9.96. The van der Waals surface area contributed by atoms with E-state index in [4.69, 9.17) is 15.5 Å². The number of hydrogen-bond donors (Lipinski definition) is 3. The number of carbonyl (C=O) groups is 3. The summed E-state index contributed by atoms with van der Waals surface area (Å²) >= 11 is 0. The molecule has 62 heavy (non-hydrogen) atoms. The number of rotatable bonds is 8. The van der Waals surface area contributed by atoms with Crippen molar-refractivity contribution in [3.05, 3.63) is 89.2 Å². The number of benzene rings is 2. The van der Waals surface area contributed by atoms with Gasteiger partial charge in [0, 0.05) is 100 Å². The van der Waals surface area contributed by atoms with Crippen molar-refractivity contribution in [3.8, 4) is 17.0 Å². The van der Waals surface area contributed by atoms with Gasteiger partial charge in [0.2, 0.25) is 5.91 Å². The van der Waals surface area contributed by atoms with Crippen molar-refractivity contribution in [2.75, 3.05) is 67.9 Å². The predicted molar refractivity (Wildman–Crippen MR) is 234 cm³/mol. The van der Waals surface area contributed by atoms with E-state index in [1.807, 2.05) is 57.2 Å². The molecule has 5 aromatic rings. The molecule has 7 heterocycles. The summed E-state index contributed by atoms with van der Waals surface area (Å²) in [4.78, 5) is 50.4. The maximum atomic E-state index is 16.5.